The van der Waals surface area contributed by atoms with E-state index >= 15 is 0 Å². The molecule has 3 atom stereocenters. The second-order valence-corrected chi connectivity index (χ2v) is 6.95. The highest BCUT2D eigenvalue weighted by atomic mass is 79.9. The van der Waals surface area contributed by atoms with E-state index in [1.54, 1.807) is 0 Å². The van der Waals surface area contributed by atoms with Crippen LogP contribution in [0.3, 0.4) is 0 Å². The Hall–Kier alpha value is -0.870. The summed E-state index contributed by atoms with van der Waals surface area (Å²) in [4.78, 5) is 12.2. The Bertz CT molecular complexity index is 472. The summed E-state index contributed by atoms with van der Waals surface area (Å²) in [6.45, 7) is 6.40. The fourth-order valence-corrected chi connectivity index (χ4v) is 3.66. The number of benzene rings is 1. The van der Waals surface area contributed by atoms with Crippen LogP contribution in [0.4, 0.5) is 0 Å². The number of amides is 1. The van der Waals surface area contributed by atoms with E-state index in [2.05, 4.69) is 33.5 Å². The molecular weight excluding hydrogens is 328 g/mol. The monoisotopic (exact) mass is 352 g/mol. The molecule has 2 rings (SSSR count). The van der Waals surface area contributed by atoms with Crippen molar-refractivity contribution >= 4 is 21.8 Å². The van der Waals surface area contributed by atoms with E-state index in [0.717, 1.165) is 23.1 Å². The Morgan fingerprint density at radius 2 is 2.19 bits per heavy atom. The molecule has 1 aromatic rings. The van der Waals surface area contributed by atoms with Crippen LogP contribution in [0, 0.1) is 11.8 Å². The van der Waals surface area contributed by atoms with E-state index < -0.39 is 0 Å². The first-order valence-electron chi connectivity index (χ1n) is 7.82. The van der Waals surface area contributed by atoms with Gasteiger partial charge in [-0.15, -0.1) is 0 Å². The summed E-state index contributed by atoms with van der Waals surface area (Å²) in [6, 6.07) is 8.07. The van der Waals surface area contributed by atoms with Crippen LogP contribution in [0.5, 0.6) is 0 Å². The lowest BCUT2D eigenvalue weighted by Gasteiger charge is -2.28. The van der Waals surface area contributed by atoms with Gasteiger partial charge in [0.15, 0.2) is 0 Å². The summed E-state index contributed by atoms with van der Waals surface area (Å²) in [5.41, 5.74) is 1.12. The van der Waals surface area contributed by atoms with Gasteiger partial charge in [-0.2, -0.15) is 0 Å². The summed E-state index contributed by atoms with van der Waals surface area (Å²) < 4.78 is 1.04. The lowest BCUT2D eigenvalue weighted by atomic mass is 9.85. The highest BCUT2D eigenvalue weighted by Gasteiger charge is 2.22. The molecule has 1 fully saturated rings. The molecule has 2 N–H and O–H groups in total. The molecule has 1 saturated heterocycles. The molecule has 1 aromatic carbocycles. The minimum atomic E-state index is 0.0322. The Morgan fingerprint density at radius 1 is 1.43 bits per heavy atom. The largest absolute Gasteiger partial charge is 0.350 e. The molecule has 4 heteroatoms. The molecule has 3 nitrogen and oxygen atoms in total. The molecule has 0 saturated carbocycles. The smallest absolute Gasteiger partial charge is 0.220 e. The van der Waals surface area contributed by atoms with E-state index in [1.165, 1.54) is 12.8 Å². The number of carbonyl (C=O) groups excluding carboxylic acids is 1. The van der Waals surface area contributed by atoms with Crippen LogP contribution in [0.15, 0.2) is 28.7 Å². The SMILES string of the molecule is CC(CC(=O)N[C@H](C)c1ccccc1Br)C1CCCNC1. The van der Waals surface area contributed by atoms with Crippen molar-refractivity contribution in [3.63, 3.8) is 0 Å². The van der Waals surface area contributed by atoms with E-state index in [0.29, 0.717) is 18.3 Å². The van der Waals surface area contributed by atoms with Gasteiger partial charge in [0.05, 0.1) is 6.04 Å². The predicted octanol–water partition coefficient (Wildman–Crippen LogP) is 3.65. The highest BCUT2D eigenvalue weighted by Crippen LogP contribution is 2.25. The van der Waals surface area contributed by atoms with Crippen LogP contribution in [0.1, 0.15) is 44.7 Å². The minimum absolute atomic E-state index is 0.0322. The standard InChI is InChI=1S/C17H25BrN2O/c1-12(14-6-5-9-19-11-14)10-17(21)20-13(2)15-7-3-4-8-16(15)18/h3-4,7-8,12-14,19H,5-6,9-11H2,1-2H3,(H,20,21)/t12?,13-,14?/m1/s1. The molecular formula is C17H25BrN2O. The Balaban J connectivity index is 1.85. The van der Waals surface area contributed by atoms with Crippen LogP contribution < -0.4 is 10.6 Å². The van der Waals surface area contributed by atoms with Gasteiger partial charge >= 0.3 is 0 Å². The second-order valence-electron chi connectivity index (χ2n) is 6.10. The number of nitrogens with one attached hydrogen (secondary N) is 2. The normalized spacial score (nSPS) is 21.6. The first kappa shape index (κ1) is 16.5. The van der Waals surface area contributed by atoms with Crippen molar-refractivity contribution in [2.24, 2.45) is 11.8 Å². The molecule has 116 valence electrons. The van der Waals surface area contributed by atoms with Gasteiger partial charge in [0.1, 0.15) is 0 Å². The maximum atomic E-state index is 12.2. The summed E-state index contributed by atoms with van der Waals surface area (Å²) >= 11 is 3.54. The topological polar surface area (TPSA) is 41.1 Å². The van der Waals surface area contributed by atoms with Crippen LogP contribution in [-0.2, 0) is 4.79 Å². The Kier molecular flexibility index (Phi) is 6.24. The van der Waals surface area contributed by atoms with Gasteiger partial charge in [0, 0.05) is 10.9 Å². The zero-order valence-corrected chi connectivity index (χ0v) is 14.4. The molecule has 0 spiro atoms. The van der Waals surface area contributed by atoms with Crippen LogP contribution in [0.25, 0.3) is 0 Å². The molecule has 1 aliphatic heterocycles. The molecule has 2 unspecified atom stereocenters. The van der Waals surface area contributed by atoms with Crippen molar-refractivity contribution in [3.8, 4) is 0 Å². The van der Waals surface area contributed by atoms with Gasteiger partial charge in [0.25, 0.3) is 0 Å². The Labute approximate surface area is 136 Å². The number of rotatable bonds is 5. The van der Waals surface area contributed by atoms with Crippen molar-refractivity contribution in [1.29, 1.82) is 0 Å². The predicted molar refractivity (Wildman–Crippen MR) is 90.1 cm³/mol. The summed E-state index contributed by atoms with van der Waals surface area (Å²) in [5, 5.41) is 6.54. The van der Waals surface area contributed by atoms with Crippen molar-refractivity contribution in [1.82, 2.24) is 10.6 Å². The van der Waals surface area contributed by atoms with Gasteiger partial charge in [0.2, 0.25) is 5.91 Å². The van der Waals surface area contributed by atoms with Crippen LogP contribution in [0.2, 0.25) is 0 Å². The maximum Gasteiger partial charge on any atom is 0.220 e. The molecule has 21 heavy (non-hydrogen) atoms. The third-order valence-corrected chi connectivity index (χ3v) is 5.12. The van der Waals surface area contributed by atoms with E-state index in [9.17, 15) is 4.79 Å². The highest BCUT2D eigenvalue weighted by molar-refractivity contribution is 9.10. The number of carbonyl (C=O) groups is 1. The first-order valence-corrected chi connectivity index (χ1v) is 8.61. The zero-order chi connectivity index (χ0) is 15.2. The molecule has 1 aliphatic rings. The minimum Gasteiger partial charge on any atom is -0.350 e. The van der Waals surface area contributed by atoms with Crippen molar-refractivity contribution in [2.75, 3.05) is 13.1 Å². The van der Waals surface area contributed by atoms with Gasteiger partial charge in [-0.3, -0.25) is 4.79 Å². The summed E-state index contributed by atoms with van der Waals surface area (Å²) in [7, 11) is 0. The van der Waals surface area contributed by atoms with Crippen molar-refractivity contribution in [2.45, 2.75) is 39.2 Å². The maximum absolute atomic E-state index is 12.2. The lowest BCUT2D eigenvalue weighted by molar-refractivity contribution is -0.123. The second kappa shape index (κ2) is 7.95. The average molecular weight is 353 g/mol. The average Bonchev–Trinajstić information content (AvgIpc) is 2.48. The van der Waals surface area contributed by atoms with Gasteiger partial charge in [-0.1, -0.05) is 41.1 Å². The fourth-order valence-electron chi connectivity index (χ4n) is 3.03. The molecule has 0 aromatic heterocycles. The number of halogens is 1. The quantitative estimate of drug-likeness (QED) is 0.848. The molecule has 0 bridgehead atoms. The van der Waals surface area contributed by atoms with E-state index in [-0.39, 0.29) is 11.9 Å². The Morgan fingerprint density at radius 3 is 2.86 bits per heavy atom. The van der Waals surface area contributed by atoms with Crippen LogP contribution >= 0.6 is 15.9 Å². The molecule has 0 radical (unpaired) electrons. The van der Waals surface area contributed by atoms with Gasteiger partial charge in [-0.25, -0.2) is 0 Å². The van der Waals surface area contributed by atoms with Gasteiger partial charge < -0.3 is 10.6 Å². The molecule has 1 amide bonds. The van der Waals surface area contributed by atoms with Crippen molar-refractivity contribution < 1.29 is 4.79 Å². The van der Waals surface area contributed by atoms with E-state index in [1.807, 2.05) is 31.2 Å². The lowest BCUT2D eigenvalue weighted by Crippen LogP contribution is -2.36. The third kappa shape index (κ3) is 4.82. The number of piperidine rings is 1. The van der Waals surface area contributed by atoms with E-state index in [4.69, 9.17) is 0 Å². The molecule has 1 heterocycles. The van der Waals surface area contributed by atoms with Crippen molar-refractivity contribution in [3.05, 3.63) is 34.3 Å². The third-order valence-electron chi connectivity index (χ3n) is 4.40. The number of hydrogen-bond donors (Lipinski definition) is 2. The molecule has 0 aliphatic carbocycles. The first-order chi connectivity index (χ1) is 10.1. The zero-order valence-electron chi connectivity index (χ0n) is 12.9. The summed E-state index contributed by atoms with van der Waals surface area (Å²) in [5.74, 6) is 1.21. The number of hydrogen-bond acceptors (Lipinski definition) is 2. The van der Waals surface area contributed by atoms with Crippen LogP contribution in [-0.4, -0.2) is 19.0 Å². The summed E-state index contributed by atoms with van der Waals surface area (Å²) in [6.07, 6.45) is 3.08. The van der Waals surface area contributed by atoms with Gasteiger partial charge in [-0.05, 0) is 56.3 Å². The fraction of sp³-hybridized carbons (Fsp3) is 0.588.